The van der Waals surface area contributed by atoms with E-state index in [0.717, 1.165) is 64.1 Å². The molecule has 3 fully saturated rings. The summed E-state index contributed by atoms with van der Waals surface area (Å²) >= 11 is 5.98. The zero-order valence-corrected chi connectivity index (χ0v) is 23.6. The Morgan fingerprint density at radius 2 is 1.87 bits per heavy atom. The fraction of sp³-hybridized carbons (Fsp3) is 0.533. The third kappa shape index (κ3) is 6.23. The number of likely N-dealkylation sites (N-methyl/N-ethyl adjacent to an activating group) is 1. The van der Waals surface area contributed by atoms with Gasteiger partial charge in [0, 0.05) is 62.0 Å². The summed E-state index contributed by atoms with van der Waals surface area (Å²) in [4.78, 5) is 32.4. The van der Waals surface area contributed by atoms with Crippen molar-refractivity contribution in [2.45, 2.75) is 50.5 Å². The van der Waals surface area contributed by atoms with Crippen molar-refractivity contribution in [1.29, 1.82) is 0 Å². The van der Waals surface area contributed by atoms with Crippen molar-refractivity contribution in [2.75, 3.05) is 56.9 Å². The van der Waals surface area contributed by atoms with Gasteiger partial charge >= 0.3 is 6.03 Å². The van der Waals surface area contributed by atoms with Crippen LogP contribution in [0.3, 0.4) is 0 Å². The maximum absolute atomic E-state index is 13.7. The molecule has 39 heavy (non-hydrogen) atoms. The molecule has 1 aliphatic heterocycles. The first-order valence-corrected chi connectivity index (χ1v) is 14.5. The quantitative estimate of drug-likeness (QED) is 0.433. The van der Waals surface area contributed by atoms with E-state index in [1.54, 1.807) is 6.07 Å². The first-order valence-electron chi connectivity index (χ1n) is 14.1. The van der Waals surface area contributed by atoms with E-state index in [4.69, 9.17) is 11.6 Å². The highest BCUT2D eigenvalue weighted by molar-refractivity contribution is 6.31. The molecule has 2 aromatic carbocycles. The van der Waals surface area contributed by atoms with Crippen LogP contribution < -0.4 is 10.6 Å². The van der Waals surface area contributed by atoms with Crippen molar-refractivity contribution in [3.05, 3.63) is 58.9 Å². The Labute approximate surface area is 235 Å². The van der Waals surface area contributed by atoms with Gasteiger partial charge in [0.2, 0.25) is 5.91 Å². The van der Waals surface area contributed by atoms with Gasteiger partial charge in [-0.15, -0.1) is 0 Å². The Balaban J connectivity index is 1.29. The number of hydrogen-bond acceptors (Lipinski definition) is 4. The van der Waals surface area contributed by atoms with E-state index in [9.17, 15) is 14.0 Å². The number of halogens is 2. The van der Waals surface area contributed by atoms with Crippen LogP contribution in [0.4, 0.5) is 20.6 Å². The molecule has 0 bridgehead atoms. The number of fused-ring (bicyclic) bond motifs is 1. The summed E-state index contributed by atoms with van der Waals surface area (Å²) in [5, 5.41) is 5.95. The molecular weight excluding hydrogens is 517 g/mol. The van der Waals surface area contributed by atoms with Gasteiger partial charge in [0.1, 0.15) is 5.82 Å². The second kappa shape index (κ2) is 11.8. The number of rotatable bonds is 9. The SMILES string of the molecule is CCC(=O)Nc1cccc([C@]23CC[C@@H](N(CCCN4CCN(C)CC4)C(=O)Nc4ccc(F)c(Cl)c4)[C@H]2C3)c1. The Bertz CT molecular complexity index is 1200. The van der Waals surface area contributed by atoms with Crippen LogP contribution in [-0.4, -0.2) is 79.0 Å². The molecule has 0 spiro atoms. The van der Waals surface area contributed by atoms with Crippen LogP contribution in [-0.2, 0) is 10.2 Å². The molecule has 7 nitrogen and oxygen atoms in total. The number of benzene rings is 2. The van der Waals surface area contributed by atoms with Crippen LogP contribution in [0, 0.1) is 11.7 Å². The lowest BCUT2D eigenvalue weighted by molar-refractivity contribution is -0.115. The summed E-state index contributed by atoms with van der Waals surface area (Å²) < 4.78 is 13.7. The van der Waals surface area contributed by atoms with Crippen molar-refractivity contribution >= 4 is 34.9 Å². The zero-order valence-electron chi connectivity index (χ0n) is 22.9. The van der Waals surface area contributed by atoms with E-state index >= 15 is 0 Å². The van der Waals surface area contributed by atoms with Crippen molar-refractivity contribution in [3.8, 4) is 0 Å². The molecular formula is C30H39ClFN5O2. The molecule has 0 aromatic heterocycles. The molecule has 5 rings (SSSR count). The molecule has 3 amide bonds. The minimum Gasteiger partial charge on any atom is -0.326 e. The van der Waals surface area contributed by atoms with Crippen LogP contribution in [0.1, 0.15) is 44.6 Å². The van der Waals surface area contributed by atoms with Crippen LogP contribution >= 0.6 is 11.6 Å². The van der Waals surface area contributed by atoms with E-state index in [2.05, 4.69) is 39.6 Å². The number of piperazine rings is 1. The maximum Gasteiger partial charge on any atom is 0.322 e. The Hall–Kier alpha value is -2.68. The number of nitrogens with one attached hydrogen (secondary N) is 2. The third-order valence-electron chi connectivity index (χ3n) is 8.83. The summed E-state index contributed by atoms with van der Waals surface area (Å²) in [7, 11) is 2.15. The highest BCUT2D eigenvalue weighted by Crippen LogP contribution is 2.65. The molecule has 2 N–H and O–H groups in total. The van der Waals surface area contributed by atoms with Crippen LogP contribution in [0.2, 0.25) is 5.02 Å². The van der Waals surface area contributed by atoms with Gasteiger partial charge in [0.05, 0.1) is 5.02 Å². The number of anilines is 2. The van der Waals surface area contributed by atoms with Crippen molar-refractivity contribution < 1.29 is 14.0 Å². The maximum atomic E-state index is 13.7. The second-order valence-electron chi connectivity index (χ2n) is 11.3. The van der Waals surface area contributed by atoms with Gasteiger partial charge in [0.25, 0.3) is 0 Å². The molecule has 2 aromatic rings. The molecule has 9 heteroatoms. The lowest BCUT2D eigenvalue weighted by Gasteiger charge is -2.34. The fourth-order valence-electron chi connectivity index (χ4n) is 6.46. The predicted octanol–water partition coefficient (Wildman–Crippen LogP) is 5.42. The smallest absolute Gasteiger partial charge is 0.322 e. The molecule has 3 atom stereocenters. The van der Waals surface area contributed by atoms with E-state index in [1.165, 1.54) is 17.7 Å². The molecule has 210 valence electrons. The predicted molar refractivity (Wildman–Crippen MR) is 154 cm³/mol. The van der Waals surface area contributed by atoms with Crippen LogP contribution in [0.5, 0.6) is 0 Å². The van der Waals surface area contributed by atoms with Crippen molar-refractivity contribution in [2.24, 2.45) is 5.92 Å². The largest absolute Gasteiger partial charge is 0.326 e. The Morgan fingerprint density at radius 3 is 2.59 bits per heavy atom. The van der Waals surface area contributed by atoms with Crippen molar-refractivity contribution in [3.63, 3.8) is 0 Å². The molecule has 0 unspecified atom stereocenters. The topological polar surface area (TPSA) is 67.9 Å². The number of carbonyl (C=O) groups excluding carboxylic acids is 2. The molecule has 0 radical (unpaired) electrons. The summed E-state index contributed by atoms with van der Waals surface area (Å²) in [6.07, 6.45) is 4.32. The van der Waals surface area contributed by atoms with Crippen LogP contribution in [0.25, 0.3) is 0 Å². The normalized spacial score (nSPS) is 24.7. The monoisotopic (exact) mass is 555 g/mol. The number of hydrogen-bond donors (Lipinski definition) is 2. The molecule has 1 heterocycles. The van der Waals surface area contributed by atoms with E-state index in [-0.39, 0.29) is 28.4 Å². The summed E-state index contributed by atoms with van der Waals surface area (Å²) in [6.45, 7) is 7.72. The number of urea groups is 1. The summed E-state index contributed by atoms with van der Waals surface area (Å²) in [5.41, 5.74) is 2.62. The Morgan fingerprint density at radius 1 is 1.10 bits per heavy atom. The zero-order chi connectivity index (χ0) is 27.6. The van der Waals surface area contributed by atoms with Crippen LogP contribution in [0.15, 0.2) is 42.5 Å². The highest BCUT2D eigenvalue weighted by atomic mass is 35.5. The van der Waals surface area contributed by atoms with Gasteiger partial charge in [-0.1, -0.05) is 30.7 Å². The number of carbonyl (C=O) groups is 2. The standard InChI is InChI=1S/C30H39ClFN5O2/c1-3-28(38)33-22-7-4-6-21(18-22)30-11-10-27(24(30)20-30)37(13-5-12-36-16-14-35(2)15-17-36)29(39)34-23-8-9-26(32)25(31)19-23/h4,6-9,18-19,24,27H,3,5,10-17,20H2,1-2H3,(H,33,38)(H,34,39)/t24-,27-,30-/m1/s1. The average molecular weight is 556 g/mol. The number of nitrogens with zero attached hydrogens (tertiary/aromatic N) is 3. The minimum atomic E-state index is -0.505. The first kappa shape index (κ1) is 27.9. The lowest BCUT2D eigenvalue weighted by atomic mass is 9.93. The van der Waals surface area contributed by atoms with E-state index < -0.39 is 5.82 Å². The summed E-state index contributed by atoms with van der Waals surface area (Å²) in [5.74, 6) is -0.124. The lowest BCUT2D eigenvalue weighted by Crippen LogP contribution is -2.47. The molecule has 2 saturated carbocycles. The Kier molecular flexibility index (Phi) is 8.45. The first-order chi connectivity index (χ1) is 18.8. The molecule has 2 aliphatic carbocycles. The fourth-order valence-corrected chi connectivity index (χ4v) is 6.64. The van der Waals surface area contributed by atoms with Gasteiger partial charge in [-0.05, 0) is 81.1 Å². The summed E-state index contributed by atoms with van der Waals surface area (Å²) in [6, 6.07) is 12.5. The average Bonchev–Trinajstić information content (AvgIpc) is 3.56. The van der Waals surface area contributed by atoms with Gasteiger partial charge in [0.15, 0.2) is 0 Å². The van der Waals surface area contributed by atoms with Gasteiger partial charge in [-0.25, -0.2) is 9.18 Å². The van der Waals surface area contributed by atoms with Gasteiger partial charge in [-0.3, -0.25) is 4.79 Å². The second-order valence-corrected chi connectivity index (χ2v) is 11.7. The van der Waals surface area contributed by atoms with Gasteiger partial charge in [-0.2, -0.15) is 0 Å². The third-order valence-corrected chi connectivity index (χ3v) is 9.12. The minimum absolute atomic E-state index is 0.00499. The molecule has 1 saturated heterocycles. The van der Waals surface area contributed by atoms with E-state index in [0.29, 0.717) is 24.6 Å². The van der Waals surface area contributed by atoms with E-state index in [1.807, 2.05) is 24.0 Å². The molecule has 3 aliphatic rings. The van der Waals surface area contributed by atoms with Crippen molar-refractivity contribution in [1.82, 2.24) is 14.7 Å². The highest BCUT2D eigenvalue weighted by Gasteiger charge is 2.64. The number of amides is 3. The van der Waals surface area contributed by atoms with Gasteiger partial charge < -0.3 is 25.3 Å².